The quantitative estimate of drug-likeness (QED) is 0.182. The van der Waals surface area contributed by atoms with E-state index in [4.69, 9.17) is 0 Å². The standard InChI is InChI=1S/C26H30F2N4O6S3/c1-39-9-8-19(29-24(35)16-6-4-3-5-7-16)22(33)23(34)20(12-15-10-17(27)13-18(28)11-15)30-25(36)21-14-40-26(31-21)32-41(2,37)38/h3-7,10-11,13-14,19-20,22-23,33-34H,8-9,12H2,1-2H3,(H,29,35)(H,30,36)(H,31,32). The minimum absolute atomic E-state index is 0.0669. The average Bonchev–Trinajstić information content (AvgIpc) is 3.36. The molecular weight excluding hydrogens is 599 g/mol. The number of sulfonamides is 1. The molecule has 15 heteroatoms. The first-order valence-electron chi connectivity index (χ1n) is 12.3. The second kappa shape index (κ2) is 14.7. The predicted octanol–water partition coefficient (Wildman–Crippen LogP) is 2.41. The third kappa shape index (κ3) is 10.0. The molecule has 2 aromatic carbocycles. The molecule has 10 nitrogen and oxygen atoms in total. The molecule has 4 unspecified atom stereocenters. The van der Waals surface area contributed by atoms with Gasteiger partial charge in [-0.3, -0.25) is 14.3 Å². The van der Waals surface area contributed by atoms with Crippen LogP contribution in [0.3, 0.4) is 0 Å². The molecule has 0 saturated heterocycles. The first-order chi connectivity index (χ1) is 19.4. The fraction of sp³-hybridized carbons (Fsp3) is 0.346. The van der Waals surface area contributed by atoms with Gasteiger partial charge in [0.1, 0.15) is 29.5 Å². The molecular formula is C26H30F2N4O6S3. The van der Waals surface area contributed by atoms with Gasteiger partial charge in [-0.2, -0.15) is 11.8 Å². The molecule has 0 radical (unpaired) electrons. The maximum Gasteiger partial charge on any atom is 0.271 e. The number of halogens is 2. The van der Waals surface area contributed by atoms with Gasteiger partial charge in [-0.25, -0.2) is 22.2 Å². The number of carbonyl (C=O) groups excluding carboxylic acids is 2. The van der Waals surface area contributed by atoms with E-state index in [-0.39, 0.29) is 29.2 Å². The van der Waals surface area contributed by atoms with Gasteiger partial charge in [0.25, 0.3) is 11.8 Å². The Labute approximate surface area is 244 Å². The number of amides is 2. The summed E-state index contributed by atoms with van der Waals surface area (Å²) >= 11 is 2.31. The Hall–Kier alpha value is -3.11. The van der Waals surface area contributed by atoms with Crippen LogP contribution in [0.5, 0.6) is 0 Å². The first kappa shape index (κ1) is 32.4. The number of thioether (sulfide) groups is 1. The number of aromatic nitrogens is 1. The van der Waals surface area contributed by atoms with E-state index in [1.165, 1.54) is 17.1 Å². The summed E-state index contributed by atoms with van der Waals surface area (Å²) in [5, 5.41) is 28.9. The monoisotopic (exact) mass is 628 g/mol. The Morgan fingerprint density at radius 2 is 1.61 bits per heavy atom. The number of hydrogen-bond donors (Lipinski definition) is 5. The van der Waals surface area contributed by atoms with E-state index in [2.05, 4.69) is 20.3 Å². The molecule has 0 aliphatic rings. The lowest BCUT2D eigenvalue weighted by atomic mass is 9.92. The predicted molar refractivity (Wildman–Crippen MR) is 155 cm³/mol. The van der Waals surface area contributed by atoms with Crippen molar-refractivity contribution in [3.8, 4) is 0 Å². The van der Waals surface area contributed by atoms with Gasteiger partial charge in [0.15, 0.2) is 5.13 Å². The molecule has 1 heterocycles. The molecule has 222 valence electrons. The van der Waals surface area contributed by atoms with Crippen molar-refractivity contribution in [2.24, 2.45) is 0 Å². The zero-order valence-corrected chi connectivity index (χ0v) is 24.5. The fourth-order valence-corrected chi connectivity index (χ4v) is 5.99. The number of nitrogens with one attached hydrogen (secondary N) is 3. The third-order valence-electron chi connectivity index (χ3n) is 5.86. The van der Waals surface area contributed by atoms with Crippen LogP contribution in [0.4, 0.5) is 13.9 Å². The Morgan fingerprint density at radius 1 is 1.00 bits per heavy atom. The van der Waals surface area contributed by atoms with Crippen molar-refractivity contribution in [1.29, 1.82) is 0 Å². The molecule has 3 aromatic rings. The maximum absolute atomic E-state index is 13.9. The van der Waals surface area contributed by atoms with Crippen molar-refractivity contribution in [3.05, 3.63) is 82.4 Å². The third-order valence-corrected chi connectivity index (χ3v) is 7.96. The second-order valence-corrected chi connectivity index (χ2v) is 12.8. The Kier molecular flexibility index (Phi) is 11.6. The SMILES string of the molecule is CSCCC(NC(=O)c1ccccc1)C(O)C(O)C(Cc1cc(F)cc(F)c1)NC(=O)c1csc(NS(C)(=O)=O)n1. The van der Waals surface area contributed by atoms with E-state index < -0.39 is 57.8 Å². The van der Waals surface area contributed by atoms with Crippen LogP contribution in [0.25, 0.3) is 0 Å². The molecule has 41 heavy (non-hydrogen) atoms. The number of nitrogens with zero attached hydrogens (tertiary/aromatic N) is 1. The molecule has 2 amide bonds. The van der Waals surface area contributed by atoms with Crippen LogP contribution in [0.2, 0.25) is 0 Å². The maximum atomic E-state index is 13.9. The van der Waals surface area contributed by atoms with Crippen LogP contribution in [0.15, 0.2) is 53.9 Å². The number of hydrogen-bond acceptors (Lipinski definition) is 9. The van der Waals surface area contributed by atoms with E-state index >= 15 is 0 Å². The Morgan fingerprint density at radius 3 is 2.22 bits per heavy atom. The molecule has 4 atom stereocenters. The largest absolute Gasteiger partial charge is 0.388 e. The number of carbonyl (C=O) groups is 2. The molecule has 3 rings (SSSR count). The number of aliphatic hydroxyl groups excluding tert-OH is 2. The van der Waals surface area contributed by atoms with Gasteiger partial charge in [0, 0.05) is 17.0 Å². The van der Waals surface area contributed by atoms with Crippen LogP contribution in [-0.4, -0.2) is 78.0 Å². The van der Waals surface area contributed by atoms with Crippen molar-refractivity contribution >= 4 is 50.1 Å². The molecule has 0 spiro atoms. The van der Waals surface area contributed by atoms with Crippen LogP contribution in [-0.2, 0) is 16.4 Å². The van der Waals surface area contributed by atoms with E-state index in [0.717, 1.165) is 29.7 Å². The van der Waals surface area contributed by atoms with Crippen LogP contribution >= 0.6 is 23.1 Å². The summed E-state index contributed by atoms with van der Waals surface area (Å²) in [4.78, 5) is 29.8. The highest BCUT2D eigenvalue weighted by Gasteiger charge is 2.35. The summed E-state index contributed by atoms with van der Waals surface area (Å²) in [6.45, 7) is 0. The summed E-state index contributed by atoms with van der Waals surface area (Å²) in [6, 6.07) is 8.76. The van der Waals surface area contributed by atoms with Gasteiger partial charge in [0.2, 0.25) is 10.0 Å². The number of aliphatic hydroxyl groups is 2. The molecule has 0 aliphatic heterocycles. The highest BCUT2D eigenvalue weighted by molar-refractivity contribution is 7.98. The second-order valence-electron chi connectivity index (χ2n) is 9.18. The molecule has 1 aromatic heterocycles. The zero-order valence-electron chi connectivity index (χ0n) is 22.1. The number of rotatable bonds is 14. The highest BCUT2D eigenvalue weighted by Crippen LogP contribution is 2.20. The fourth-order valence-electron chi connectivity index (χ4n) is 3.96. The van der Waals surface area contributed by atoms with E-state index in [9.17, 15) is 37.0 Å². The zero-order chi connectivity index (χ0) is 30.2. The van der Waals surface area contributed by atoms with E-state index in [1.807, 2.05) is 6.26 Å². The Bertz CT molecular complexity index is 1420. The minimum Gasteiger partial charge on any atom is -0.388 e. The Balaban J connectivity index is 1.87. The minimum atomic E-state index is -3.65. The number of benzene rings is 2. The summed E-state index contributed by atoms with van der Waals surface area (Å²) in [5.74, 6) is -2.54. The lowest BCUT2D eigenvalue weighted by Crippen LogP contribution is -2.56. The summed E-state index contributed by atoms with van der Waals surface area (Å²) in [7, 11) is -3.65. The van der Waals surface area contributed by atoms with Crippen molar-refractivity contribution < 1.29 is 37.0 Å². The summed E-state index contributed by atoms with van der Waals surface area (Å²) in [5.41, 5.74) is 0.241. The van der Waals surface area contributed by atoms with Crippen molar-refractivity contribution in [3.63, 3.8) is 0 Å². The average molecular weight is 629 g/mol. The van der Waals surface area contributed by atoms with Crippen LogP contribution < -0.4 is 15.4 Å². The molecule has 0 aliphatic carbocycles. The van der Waals surface area contributed by atoms with Gasteiger partial charge in [-0.1, -0.05) is 18.2 Å². The summed E-state index contributed by atoms with van der Waals surface area (Å²) < 4.78 is 53.0. The van der Waals surface area contributed by atoms with Gasteiger partial charge >= 0.3 is 0 Å². The summed E-state index contributed by atoms with van der Waals surface area (Å²) in [6.07, 6.45) is -0.582. The lowest BCUT2D eigenvalue weighted by molar-refractivity contribution is -0.0224. The van der Waals surface area contributed by atoms with E-state index in [0.29, 0.717) is 17.4 Å². The van der Waals surface area contributed by atoms with Gasteiger partial charge < -0.3 is 20.8 Å². The number of thiazole rings is 1. The molecule has 0 saturated carbocycles. The lowest BCUT2D eigenvalue weighted by Gasteiger charge is -2.33. The van der Waals surface area contributed by atoms with Gasteiger partial charge in [-0.15, -0.1) is 11.3 Å². The molecule has 0 bridgehead atoms. The van der Waals surface area contributed by atoms with Crippen molar-refractivity contribution in [1.82, 2.24) is 15.6 Å². The van der Waals surface area contributed by atoms with E-state index in [1.54, 1.807) is 30.3 Å². The first-order valence-corrected chi connectivity index (χ1v) is 16.4. The number of anilines is 1. The normalized spacial score (nSPS) is 14.5. The van der Waals surface area contributed by atoms with Crippen molar-refractivity contribution in [2.75, 3.05) is 23.0 Å². The van der Waals surface area contributed by atoms with Gasteiger partial charge in [-0.05, 0) is 54.7 Å². The van der Waals surface area contributed by atoms with Crippen LogP contribution in [0, 0.1) is 11.6 Å². The van der Waals surface area contributed by atoms with Crippen molar-refractivity contribution in [2.45, 2.75) is 37.1 Å². The smallest absolute Gasteiger partial charge is 0.271 e. The molecule has 0 fully saturated rings. The topological polar surface area (TPSA) is 158 Å². The molecule has 5 N–H and O–H groups in total. The van der Waals surface area contributed by atoms with Crippen LogP contribution in [0.1, 0.15) is 32.8 Å². The highest BCUT2D eigenvalue weighted by atomic mass is 32.2. The van der Waals surface area contributed by atoms with Gasteiger partial charge in [0.05, 0.1) is 18.3 Å².